The summed E-state index contributed by atoms with van der Waals surface area (Å²) in [5.41, 5.74) is 2.67. The molecule has 4 heteroatoms. The number of allylic oxidation sites excluding steroid dienone is 2. The number of hydrogen-bond donors (Lipinski definition) is 1. The van der Waals surface area contributed by atoms with Gasteiger partial charge in [0.15, 0.2) is 0 Å². The highest BCUT2D eigenvalue weighted by Crippen LogP contribution is 2.66. The van der Waals surface area contributed by atoms with Gasteiger partial charge >= 0.3 is 0 Å². The lowest BCUT2D eigenvalue weighted by Crippen LogP contribution is -2.51. The van der Waals surface area contributed by atoms with Gasteiger partial charge in [0.25, 0.3) is 0 Å². The Hall–Kier alpha value is -1.71. The first-order valence-corrected chi connectivity index (χ1v) is 11.0. The molecule has 3 nitrogen and oxygen atoms in total. The fourth-order valence-corrected chi connectivity index (χ4v) is 7.60. The lowest BCUT2D eigenvalue weighted by Gasteiger charge is -2.58. The summed E-state index contributed by atoms with van der Waals surface area (Å²) in [7, 11) is 0. The van der Waals surface area contributed by atoms with Crippen molar-refractivity contribution in [2.24, 2.45) is 34.5 Å². The Morgan fingerprint density at radius 2 is 2.00 bits per heavy atom. The van der Waals surface area contributed by atoms with Crippen molar-refractivity contribution in [3.8, 4) is 0 Å². The molecule has 0 radical (unpaired) electrons. The summed E-state index contributed by atoms with van der Waals surface area (Å²) in [6, 6.07) is 1.65. The van der Waals surface area contributed by atoms with E-state index in [1.54, 1.807) is 6.07 Å². The first-order chi connectivity index (χ1) is 13.4. The second kappa shape index (κ2) is 6.40. The lowest BCUT2D eigenvalue weighted by molar-refractivity contribution is -0.124. The van der Waals surface area contributed by atoms with Gasteiger partial charge in [-0.15, -0.1) is 0 Å². The molecule has 1 N–H and O–H groups in total. The molecule has 1 aromatic heterocycles. The van der Waals surface area contributed by atoms with Gasteiger partial charge in [0, 0.05) is 19.2 Å². The van der Waals surface area contributed by atoms with Gasteiger partial charge in [-0.1, -0.05) is 19.9 Å². The minimum Gasteiger partial charge on any atom is -0.356 e. The van der Waals surface area contributed by atoms with E-state index in [0.29, 0.717) is 30.1 Å². The Labute approximate surface area is 167 Å². The first kappa shape index (κ1) is 18.3. The number of amides is 1. The van der Waals surface area contributed by atoms with Crippen LogP contribution in [0.3, 0.4) is 0 Å². The highest BCUT2D eigenvalue weighted by atomic mass is 19.1. The molecule has 28 heavy (non-hydrogen) atoms. The molecule has 5 rings (SSSR count). The number of pyridine rings is 1. The van der Waals surface area contributed by atoms with Crippen LogP contribution in [0, 0.1) is 40.3 Å². The van der Waals surface area contributed by atoms with Crippen LogP contribution in [0.2, 0.25) is 0 Å². The van der Waals surface area contributed by atoms with Crippen molar-refractivity contribution in [3.05, 3.63) is 35.9 Å². The Kier molecular flexibility index (Phi) is 4.19. The van der Waals surface area contributed by atoms with Gasteiger partial charge in [-0.2, -0.15) is 0 Å². The molecule has 1 unspecified atom stereocenters. The largest absolute Gasteiger partial charge is 0.356 e. The van der Waals surface area contributed by atoms with E-state index in [9.17, 15) is 9.18 Å². The number of halogens is 1. The van der Waals surface area contributed by atoms with Gasteiger partial charge in [0.05, 0.1) is 6.20 Å². The van der Waals surface area contributed by atoms with Crippen molar-refractivity contribution in [1.82, 2.24) is 10.3 Å². The van der Waals surface area contributed by atoms with Gasteiger partial charge in [0.1, 0.15) is 5.82 Å². The molecule has 6 atom stereocenters. The quantitative estimate of drug-likeness (QED) is 0.744. The van der Waals surface area contributed by atoms with Crippen LogP contribution < -0.4 is 5.32 Å². The maximum atomic E-state index is 13.8. The standard InChI is InChI=1S/C24H31FN2O/c1-23-9-10-27-22(28)12-16(23)3-4-18-20-6-5-19(15-11-17(25)14-26-13-15)24(20,2)8-7-21(18)23/h5,11,13-14,16,18,20-21H,3-4,6-10,12H2,1-2H3,(H,27,28)/t16?,18-,20-,21-,23-,24+/m0/s1. The zero-order chi connectivity index (χ0) is 19.5. The fraction of sp³-hybridized carbons (Fsp3) is 0.667. The number of nitrogens with one attached hydrogen (secondary N) is 1. The number of rotatable bonds is 1. The molecule has 2 saturated carbocycles. The lowest BCUT2D eigenvalue weighted by atomic mass is 9.46. The smallest absolute Gasteiger partial charge is 0.220 e. The summed E-state index contributed by atoms with van der Waals surface area (Å²) in [6.45, 7) is 5.71. The van der Waals surface area contributed by atoms with E-state index in [-0.39, 0.29) is 22.6 Å². The zero-order valence-electron chi connectivity index (χ0n) is 17.0. The first-order valence-electron chi connectivity index (χ1n) is 11.0. The van der Waals surface area contributed by atoms with Crippen molar-refractivity contribution >= 4 is 11.5 Å². The Morgan fingerprint density at radius 3 is 2.82 bits per heavy atom. The molecule has 0 bridgehead atoms. The number of fused-ring (bicyclic) bond motifs is 5. The predicted octanol–water partition coefficient (Wildman–Crippen LogP) is 4.98. The Balaban J connectivity index is 1.45. The van der Waals surface area contributed by atoms with Crippen LogP contribution in [-0.4, -0.2) is 17.4 Å². The number of hydrogen-bond acceptors (Lipinski definition) is 2. The van der Waals surface area contributed by atoms with Crippen molar-refractivity contribution in [1.29, 1.82) is 0 Å². The molecule has 3 fully saturated rings. The molecule has 4 aliphatic rings. The van der Waals surface area contributed by atoms with Crippen molar-refractivity contribution in [3.63, 3.8) is 0 Å². The number of nitrogens with zero attached hydrogens (tertiary/aromatic N) is 1. The normalized spacial score (nSPS) is 42.5. The molecule has 150 valence electrons. The van der Waals surface area contributed by atoms with Crippen LogP contribution in [0.5, 0.6) is 0 Å². The molecule has 3 aliphatic carbocycles. The van der Waals surface area contributed by atoms with Crippen LogP contribution in [0.4, 0.5) is 4.39 Å². The van der Waals surface area contributed by atoms with Gasteiger partial charge in [-0.3, -0.25) is 9.78 Å². The van der Waals surface area contributed by atoms with Crippen molar-refractivity contribution in [2.45, 2.75) is 58.8 Å². The Morgan fingerprint density at radius 1 is 1.14 bits per heavy atom. The molecule has 2 heterocycles. The van der Waals surface area contributed by atoms with E-state index in [1.165, 1.54) is 31.0 Å². The number of carbonyl (C=O) groups is 1. The average Bonchev–Trinajstić information content (AvgIpc) is 2.93. The third kappa shape index (κ3) is 2.59. The monoisotopic (exact) mass is 382 g/mol. The minimum absolute atomic E-state index is 0.124. The molecular weight excluding hydrogens is 351 g/mol. The van der Waals surface area contributed by atoms with Crippen molar-refractivity contribution < 1.29 is 9.18 Å². The van der Waals surface area contributed by atoms with E-state index in [1.807, 2.05) is 6.20 Å². The fourth-order valence-electron chi connectivity index (χ4n) is 7.60. The highest BCUT2D eigenvalue weighted by Gasteiger charge is 2.58. The SMILES string of the molecule is C[C@]12CCNC(=O)CC1CC[C@@H]1[C@@H]2CC[C@]2(C)C(c3cncc(F)c3)=CC[C@@H]12. The van der Waals surface area contributed by atoms with Crippen LogP contribution >= 0.6 is 0 Å². The van der Waals surface area contributed by atoms with Gasteiger partial charge in [-0.05, 0) is 90.2 Å². The topological polar surface area (TPSA) is 42.0 Å². The summed E-state index contributed by atoms with van der Waals surface area (Å²) in [5.74, 6) is 2.58. The summed E-state index contributed by atoms with van der Waals surface area (Å²) < 4.78 is 13.8. The van der Waals surface area contributed by atoms with Gasteiger partial charge in [0.2, 0.25) is 5.91 Å². The number of carbonyl (C=O) groups excluding carboxylic acids is 1. The molecule has 1 aromatic rings. The van der Waals surface area contributed by atoms with E-state index < -0.39 is 0 Å². The molecule has 0 aromatic carbocycles. The third-order valence-corrected chi connectivity index (χ3v) is 9.08. The molecule has 1 aliphatic heterocycles. The molecule has 0 spiro atoms. The van der Waals surface area contributed by atoms with E-state index in [0.717, 1.165) is 31.4 Å². The highest BCUT2D eigenvalue weighted by molar-refractivity contribution is 5.76. The van der Waals surface area contributed by atoms with Gasteiger partial charge < -0.3 is 5.32 Å². The summed E-state index contributed by atoms with van der Waals surface area (Å²) >= 11 is 0. The summed E-state index contributed by atoms with van der Waals surface area (Å²) in [4.78, 5) is 16.3. The predicted molar refractivity (Wildman–Crippen MR) is 108 cm³/mol. The van der Waals surface area contributed by atoms with Crippen molar-refractivity contribution in [2.75, 3.05) is 6.54 Å². The number of aromatic nitrogens is 1. The van der Waals surface area contributed by atoms with E-state index in [4.69, 9.17) is 0 Å². The van der Waals surface area contributed by atoms with Gasteiger partial charge in [-0.25, -0.2) is 4.39 Å². The van der Waals surface area contributed by atoms with E-state index >= 15 is 0 Å². The summed E-state index contributed by atoms with van der Waals surface area (Å²) in [5, 5.41) is 3.12. The van der Waals surface area contributed by atoms with Crippen LogP contribution in [0.25, 0.3) is 5.57 Å². The average molecular weight is 383 g/mol. The third-order valence-electron chi connectivity index (χ3n) is 9.08. The maximum Gasteiger partial charge on any atom is 0.220 e. The maximum absolute atomic E-state index is 13.8. The molecular formula is C24H31FN2O. The second-order valence-corrected chi connectivity index (χ2v) is 10.2. The second-order valence-electron chi connectivity index (χ2n) is 10.2. The van der Waals surface area contributed by atoms with Crippen LogP contribution in [0.1, 0.15) is 64.4 Å². The molecule has 1 amide bonds. The summed E-state index contributed by atoms with van der Waals surface area (Å²) in [6.07, 6.45) is 13.2. The van der Waals surface area contributed by atoms with Crippen LogP contribution in [0.15, 0.2) is 24.5 Å². The van der Waals surface area contributed by atoms with Crippen LogP contribution in [-0.2, 0) is 4.79 Å². The minimum atomic E-state index is -0.247. The molecule has 1 saturated heterocycles. The zero-order valence-corrected chi connectivity index (χ0v) is 17.0. The Bertz CT molecular complexity index is 836. The van der Waals surface area contributed by atoms with E-state index in [2.05, 4.69) is 30.2 Å².